The van der Waals surface area contributed by atoms with Gasteiger partial charge in [-0.3, -0.25) is 10.2 Å². The van der Waals surface area contributed by atoms with E-state index in [-0.39, 0.29) is 11.4 Å². The number of H-pyrrole nitrogens is 1. The SMILES string of the molecule is N=C(Nc1ccc2c(c1)CC[S+]2[O-])c1c(NC2CCCCC2)cc[nH]c1=O. The smallest absolute Gasteiger partial charge is 0.261 e. The molecule has 2 aliphatic rings. The van der Waals surface area contributed by atoms with E-state index in [1.54, 1.807) is 6.20 Å². The minimum Gasteiger partial charge on any atom is -0.611 e. The van der Waals surface area contributed by atoms with Crippen LogP contribution in [0.3, 0.4) is 0 Å². The van der Waals surface area contributed by atoms with Crippen molar-refractivity contribution in [1.29, 1.82) is 5.41 Å². The Balaban J connectivity index is 1.55. The lowest BCUT2D eigenvalue weighted by Crippen LogP contribution is -2.29. The third kappa shape index (κ3) is 3.89. The van der Waals surface area contributed by atoms with E-state index < -0.39 is 11.2 Å². The van der Waals surface area contributed by atoms with Gasteiger partial charge in [-0.1, -0.05) is 19.3 Å². The van der Waals surface area contributed by atoms with Gasteiger partial charge in [-0.25, -0.2) is 0 Å². The highest BCUT2D eigenvalue weighted by Crippen LogP contribution is 2.29. The number of fused-ring (bicyclic) bond motifs is 1. The van der Waals surface area contributed by atoms with Crippen LogP contribution in [-0.2, 0) is 17.6 Å². The van der Waals surface area contributed by atoms with Crippen molar-refractivity contribution in [3.63, 3.8) is 0 Å². The highest BCUT2D eigenvalue weighted by molar-refractivity contribution is 7.91. The number of aromatic nitrogens is 1. The number of hydrogen-bond acceptors (Lipinski definition) is 4. The van der Waals surface area contributed by atoms with Gasteiger partial charge in [-0.05, 0) is 48.3 Å². The maximum Gasteiger partial charge on any atom is 0.261 e. The molecule has 1 saturated carbocycles. The summed E-state index contributed by atoms with van der Waals surface area (Å²) in [5.41, 5.74) is 2.53. The molecular weight excluding hydrogens is 360 g/mol. The molecule has 1 aliphatic heterocycles. The molecular formula is C20H24N4O2S. The molecule has 2 aromatic rings. The number of aromatic amines is 1. The number of aryl methyl sites for hydroxylation is 1. The molecule has 0 radical (unpaired) electrons. The second-order valence-electron chi connectivity index (χ2n) is 7.20. The van der Waals surface area contributed by atoms with E-state index in [4.69, 9.17) is 5.41 Å². The third-order valence-corrected chi connectivity index (χ3v) is 6.77. The van der Waals surface area contributed by atoms with Crippen LogP contribution in [0.15, 0.2) is 40.2 Å². The monoisotopic (exact) mass is 384 g/mol. The summed E-state index contributed by atoms with van der Waals surface area (Å²) in [6.07, 6.45) is 8.25. The highest BCUT2D eigenvalue weighted by atomic mass is 32.2. The summed E-state index contributed by atoms with van der Waals surface area (Å²) in [5, 5.41) is 15.0. The summed E-state index contributed by atoms with van der Waals surface area (Å²) < 4.78 is 11.9. The van der Waals surface area contributed by atoms with Crippen molar-refractivity contribution in [3.8, 4) is 0 Å². The number of anilines is 2. The van der Waals surface area contributed by atoms with Crippen LogP contribution in [0, 0.1) is 5.41 Å². The molecule has 1 aromatic carbocycles. The number of amidine groups is 1. The van der Waals surface area contributed by atoms with Crippen LogP contribution < -0.4 is 16.2 Å². The van der Waals surface area contributed by atoms with Crippen molar-refractivity contribution in [2.75, 3.05) is 16.4 Å². The van der Waals surface area contributed by atoms with Gasteiger partial charge in [-0.15, -0.1) is 0 Å². The van der Waals surface area contributed by atoms with Gasteiger partial charge in [0.15, 0.2) is 4.90 Å². The summed E-state index contributed by atoms with van der Waals surface area (Å²) in [6.45, 7) is 0. The van der Waals surface area contributed by atoms with Gasteiger partial charge in [0, 0.05) is 29.9 Å². The first-order chi connectivity index (χ1) is 13.1. The Morgan fingerprint density at radius 1 is 1.22 bits per heavy atom. The van der Waals surface area contributed by atoms with Gasteiger partial charge < -0.3 is 20.2 Å². The lowest BCUT2D eigenvalue weighted by molar-refractivity contribution is 0.462. The number of benzene rings is 1. The molecule has 1 unspecified atom stereocenters. The largest absolute Gasteiger partial charge is 0.611 e. The molecule has 7 heteroatoms. The van der Waals surface area contributed by atoms with Crippen LogP contribution in [0.25, 0.3) is 0 Å². The molecule has 0 bridgehead atoms. The Kier molecular flexibility index (Phi) is 5.22. The maximum atomic E-state index is 12.4. The summed E-state index contributed by atoms with van der Waals surface area (Å²) in [6, 6.07) is 7.78. The van der Waals surface area contributed by atoms with Gasteiger partial charge in [0.1, 0.15) is 17.2 Å². The second-order valence-corrected chi connectivity index (χ2v) is 8.74. The minimum absolute atomic E-state index is 0.0641. The van der Waals surface area contributed by atoms with Crippen LogP contribution >= 0.6 is 0 Å². The second kappa shape index (κ2) is 7.78. The highest BCUT2D eigenvalue weighted by Gasteiger charge is 2.25. The third-order valence-electron chi connectivity index (χ3n) is 5.31. The number of pyridine rings is 1. The normalized spacial score (nSPS) is 19.5. The molecule has 2 heterocycles. The molecule has 1 fully saturated rings. The fourth-order valence-corrected chi connectivity index (χ4v) is 5.21. The van der Waals surface area contributed by atoms with Crippen LogP contribution in [0.5, 0.6) is 0 Å². The minimum atomic E-state index is -0.913. The summed E-state index contributed by atoms with van der Waals surface area (Å²) in [5.74, 6) is 0.721. The molecule has 0 saturated heterocycles. The Morgan fingerprint density at radius 3 is 2.85 bits per heavy atom. The van der Waals surface area contributed by atoms with E-state index in [1.807, 2.05) is 24.3 Å². The van der Waals surface area contributed by atoms with Gasteiger partial charge >= 0.3 is 0 Å². The van der Waals surface area contributed by atoms with E-state index in [1.165, 1.54) is 19.3 Å². The maximum absolute atomic E-state index is 12.4. The van der Waals surface area contributed by atoms with Crippen LogP contribution in [-0.4, -0.2) is 27.2 Å². The zero-order valence-corrected chi connectivity index (χ0v) is 16.0. The Morgan fingerprint density at radius 2 is 2.04 bits per heavy atom. The lowest BCUT2D eigenvalue weighted by Gasteiger charge is -2.25. The molecule has 1 atom stereocenters. The Hall–Kier alpha value is -2.25. The molecule has 142 valence electrons. The predicted octanol–water partition coefficient (Wildman–Crippen LogP) is 3.22. The molecule has 4 N–H and O–H groups in total. The van der Waals surface area contributed by atoms with Crippen molar-refractivity contribution in [1.82, 2.24) is 4.98 Å². The van der Waals surface area contributed by atoms with Crippen molar-refractivity contribution in [2.24, 2.45) is 0 Å². The van der Waals surface area contributed by atoms with Gasteiger partial charge in [0.2, 0.25) is 0 Å². The summed E-state index contributed by atoms with van der Waals surface area (Å²) in [4.78, 5) is 16.0. The predicted molar refractivity (Wildman–Crippen MR) is 109 cm³/mol. The summed E-state index contributed by atoms with van der Waals surface area (Å²) >= 11 is -0.913. The van der Waals surface area contributed by atoms with E-state index in [2.05, 4.69) is 15.6 Å². The van der Waals surface area contributed by atoms with Gasteiger partial charge in [0.05, 0.1) is 5.69 Å². The first-order valence-electron chi connectivity index (χ1n) is 9.47. The van der Waals surface area contributed by atoms with Crippen LogP contribution in [0.2, 0.25) is 0 Å². The number of hydrogen-bond donors (Lipinski definition) is 4. The van der Waals surface area contributed by atoms with E-state index >= 15 is 0 Å². The van der Waals surface area contributed by atoms with Crippen molar-refractivity contribution < 1.29 is 4.55 Å². The molecule has 6 nitrogen and oxygen atoms in total. The molecule has 1 aliphatic carbocycles. The number of rotatable bonds is 4. The fraction of sp³-hybridized carbons (Fsp3) is 0.400. The zero-order chi connectivity index (χ0) is 18.8. The van der Waals surface area contributed by atoms with Crippen molar-refractivity contribution >= 4 is 28.4 Å². The molecule has 0 amide bonds. The van der Waals surface area contributed by atoms with Crippen molar-refractivity contribution in [3.05, 3.63) is 51.9 Å². The topological polar surface area (TPSA) is 104 Å². The Bertz CT molecular complexity index is 905. The average Bonchev–Trinajstić information content (AvgIpc) is 3.03. The summed E-state index contributed by atoms with van der Waals surface area (Å²) in [7, 11) is 0. The van der Waals surface area contributed by atoms with E-state index in [0.717, 1.165) is 35.4 Å². The van der Waals surface area contributed by atoms with Crippen LogP contribution in [0.4, 0.5) is 11.4 Å². The molecule has 27 heavy (non-hydrogen) atoms. The lowest BCUT2D eigenvalue weighted by atomic mass is 9.95. The quantitative estimate of drug-likeness (QED) is 0.369. The van der Waals surface area contributed by atoms with Gasteiger partial charge in [0.25, 0.3) is 5.56 Å². The first kappa shape index (κ1) is 18.1. The van der Waals surface area contributed by atoms with Crippen molar-refractivity contribution in [2.45, 2.75) is 49.5 Å². The molecule has 1 aromatic heterocycles. The molecule has 0 spiro atoms. The first-order valence-corrected chi connectivity index (χ1v) is 10.8. The van der Waals surface area contributed by atoms with E-state index in [0.29, 0.717) is 23.0 Å². The average molecular weight is 385 g/mol. The Labute approximate surface area is 161 Å². The zero-order valence-electron chi connectivity index (χ0n) is 15.1. The van der Waals surface area contributed by atoms with Gasteiger partial charge in [-0.2, -0.15) is 0 Å². The fourth-order valence-electron chi connectivity index (χ4n) is 3.91. The standard InChI is InChI=1S/C20H24N4O2S/c21-19(24-15-6-7-17-13(12-15)9-11-27(17)26)18-16(8-10-22-20(18)25)23-14-4-2-1-3-5-14/h6-8,10,12,14H,1-5,9,11H2,(H2,21,24)(H2,22,23,25). The number of nitrogens with one attached hydrogen (secondary N) is 4. The molecule has 4 rings (SSSR count). The van der Waals surface area contributed by atoms with Crippen LogP contribution in [0.1, 0.15) is 43.2 Å². The van der Waals surface area contributed by atoms with E-state index in [9.17, 15) is 9.35 Å².